The first kappa shape index (κ1) is 43.5. The van der Waals surface area contributed by atoms with Crippen molar-refractivity contribution in [3.8, 4) is 22.5 Å². The number of aromatic nitrogens is 3. The van der Waals surface area contributed by atoms with E-state index in [0.29, 0.717) is 30.6 Å². The summed E-state index contributed by atoms with van der Waals surface area (Å²) in [6, 6.07) is 18.4. The molecule has 0 aliphatic heterocycles. The number of aryl methyl sites for hydroxylation is 1. The van der Waals surface area contributed by atoms with Crippen LogP contribution in [-0.4, -0.2) is 64.4 Å². The highest BCUT2D eigenvalue weighted by molar-refractivity contribution is 5.96. The average Bonchev–Trinajstić information content (AvgIpc) is 3.68. The molecule has 58 heavy (non-hydrogen) atoms. The van der Waals surface area contributed by atoms with Crippen LogP contribution in [0.2, 0.25) is 0 Å². The van der Waals surface area contributed by atoms with E-state index in [0.717, 1.165) is 35.1 Å². The maximum absolute atomic E-state index is 13.9. The second kappa shape index (κ2) is 17.9. The molecule has 310 valence electrons. The van der Waals surface area contributed by atoms with Crippen molar-refractivity contribution in [3.63, 3.8) is 0 Å². The molecule has 1 saturated carbocycles. The van der Waals surface area contributed by atoms with Crippen LogP contribution in [0.3, 0.4) is 0 Å². The third-order valence-electron chi connectivity index (χ3n) is 10.00. The number of halogens is 5. The van der Waals surface area contributed by atoms with Crippen molar-refractivity contribution in [2.24, 2.45) is 17.8 Å². The number of hydrogen-bond acceptors (Lipinski definition) is 8. The zero-order valence-corrected chi connectivity index (χ0v) is 32.8. The van der Waals surface area contributed by atoms with Gasteiger partial charge in [-0.05, 0) is 124 Å². The number of amides is 2. The van der Waals surface area contributed by atoms with Crippen LogP contribution in [0.25, 0.3) is 22.5 Å². The predicted octanol–water partition coefficient (Wildman–Crippen LogP) is 8.98. The first-order valence-electron chi connectivity index (χ1n) is 18.8. The number of Topliss-reactive ketones (excluding diaryl/α,β-unsaturated/α-hetero) is 1. The molecular weight excluding hydrogens is 765 g/mol. The molecule has 0 bridgehead atoms. The first-order chi connectivity index (χ1) is 27.2. The number of carbonyl (C=O) groups is 4. The minimum atomic E-state index is -5.86. The van der Waals surface area contributed by atoms with E-state index in [2.05, 4.69) is 20.7 Å². The zero-order valence-electron chi connectivity index (χ0n) is 32.8. The Balaban J connectivity index is 1.28. The van der Waals surface area contributed by atoms with Crippen molar-refractivity contribution in [3.05, 3.63) is 89.2 Å². The molecule has 3 N–H and O–H groups in total. The van der Waals surface area contributed by atoms with E-state index in [1.807, 2.05) is 37.3 Å². The van der Waals surface area contributed by atoms with E-state index in [-0.39, 0.29) is 36.0 Å². The van der Waals surface area contributed by atoms with Gasteiger partial charge in [0.15, 0.2) is 5.82 Å². The van der Waals surface area contributed by atoms with Crippen LogP contribution in [0.4, 0.5) is 32.4 Å². The molecule has 1 fully saturated rings. The van der Waals surface area contributed by atoms with Crippen molar-refractivity contribution in [1.29, 1.82) is 0 Å². The number of ether oxygens (including phenoxy) is 2. The van der Waals surface area contributed by atoms with Crippen molar-refractivity contribution in [2.75, 3.05) is 19.0 Å². The smallest absolute Gasteiger partial charge is 0.461 e. The van der Waals surface area contributed by atoms with Crippen LogP contribution >= 0.6 is 0 Å². The molecule has 3 aromatic carbocycles. The van der Waals surface area contributed by atoms with Crippen LogP contribution < -0.4 is 10.6 Å². The van der Waals surface area contributed by atoms with Gasteiger partial charge in [-0.15, -0.1) is 0 Å². The molecule has 1 aromatic heterocycles. The molecule has 2 amide bonds. The standard InChI is InChI=1S/C42H46F5N5O6/c1-24-20-30(37(55)57-5)16-19-33(24)27-10-6-25(7-11-27)21-31(22-34(53)28-12-8-26(9-13-28)23-48-39(56)58-40(2,3)4)36(54)49-32-17-14-29(15-18-32)35-50-38(52-51-35)41(43,44)42(45,46)47/h6-7,10-11,14-20,26,28,31H,8-9,12-13,21-23H2,1-5H3,(H,48,56)(H,49,54)(H,50,51,52). The summed E-state index contributed by atoms with van der Waals surface area (Å²) in [6.45, 7) is 7.67. The summed E-state index contributed by atoms with van der Waals surface area (Å²) in [7, 11) is 1.32. The predicted molar refractivity (Wildman–Crippen MR) is 205 cm³/mol. The number of alkyl halides is 5. The van der Waals surface area contributed by atoms with E-state index in [4.69, 9.17) is 9.47 Å². The quantitative estimate of drug-likeness (QED) is 0.0894. The number of hydrogen-bond donors (Lipinski definition) is 3. The molecule has 1 aliphatic carbocycles. The van der Waals surface area contributed by atoms with Gasteiger partial charge in [0, 0.05) is 36.1 Å². The van der Waals surface area contributed by atoms with Crippen LogP contribution in [0.1, 0.15) is 80.2 Å². The van der Waals surface area contributed by atoms with Crippen molar-refractivity contribution in [2.45, 2.75) is 83.9 Å². The Kier molecular flexibility index (Phi) is 13.4. The molecule has 1 atom stereocenters. The Hall–Kier alpha value is -5.67. The van der Waals surface area contributed by atoms with Crippen LogP contribution in [0.15, 0.2) is 66.7 Å². The molecule has 1 heterocycles. The van der Waals surface area contributed by atoms with Crippen molar-refractivity contribution >= 4 is 29.4 Å². The summed E-state index contributed by atoms with van der Waals surface area (Å²) in [5.41, 5.74) is 3.67. The van der Waals surface area contributed by atoms with Crippen LogP contribution in [-0.2, 0) is 31.4 Å². The van der Waals surface area contributed by atoms with Gasteiger partial charge in [0.2, 0.25) is 11.7 Å². The van der Waals surface area contributed by atoms with Crippen LogP contribution in [0.5, 0.6) is 0 Å². The van der Waals surface area contributed by atoms with Crippen molar-refractivity contribution in [1.82, 2.24) is 20.5 Å². The lowest BCUT2D eigenvalue weighted by atomic mass is 9.77. The Morgan fingerprint density at radius 1 is 0.879 bits per heavy atom. The summed E-state index contributed by atoms with van der Waals surface area (Å²) in [5.74, 6) is -9.08. The Morgan fingerprint density at radius 3 is 2.10 bits per heavy atom. The molecule has 0 spiro atoms. The number of aromatic amines is 1. The number of esters is 1. The monoisotopic (exact) mass is 811 g/mol. The Bertz CT molecular complexity index is 2090. The largest absolute Gasteiger partial charge is 0.465 e. The first-order valence-corrected chi connectivity index (χ1v) is 18.8. The highest BCUT2D eigenvalue weighted by Gasteiger charge is 2.61. The number of benzene rings is 3. The number of rotatable bonds is 13. The van der Waals surface area contributed by atoms with E-state index < -0.39 is 53.2 Å². The second-order valence-corrected chi connectivity index (χ2v) is 15.5. The second-order valence-electron chi connectivity index (χ2n) is 15.5. The summed E-state index contributed by atoms with van der Waals surface area (Å²) in [5, 5.41) is 10.8. The van der Waals surface area contributed by atoms with Gasteiger partial charge in [0.25, 0.3) is 0 Å². The number of nitrogens with zero attached hydrogens (tertiary/aromatic N) is 2. The lowest BCUT2D eigenvalue weighted by molar-refractivity contribution is -0.292. The Labute approximate surface area is 332 Å². The zero-order chi connectivity index (χ0) is 42.4. The molecule has 1 aliphatic rings. The lowest BCUT2D eigenvalue weighted by Gasteiger charge is -2.29. The summed E-state index contributed by atoms with van der Waals surface area (Å²) < 4.78 is 76.1. The molecular formula is C42H46F5N5O6. The Morgan fingerprint density at radius 2 is 1.52 bits per heavy atom. The molecule has 4 aromatic rings. The molecule has 5 rings (SSSR count). The highest BCUT2D eigenvalue weighted by atomic mass is 19.4. The van der Waals surface area contributed by atoms with Gasteiger partial charge in [0.05, 0.1) is 12.7 Å². The van der Waals surface area contributed by atoms with E-state index in [1.165, 1.54) is 31.4 Å². The van der Waals surface area contributed by atoms with Gasteiger partial charge in [-0.2, -0.15) is 27.1 Å². The number of nitrogens with one attached hydrogen (secondary N) is 3. The van der Waals surface area contributed by atoms with Gasteiger partial charge in [-0.25, -0.2) is 14.6 Å². The van der Waals surface area contributed by atoms with Gasteiger partial charge in [0.1, 0.15) is 11.4 Å². The lowest BCUT2D eigenvalue weighted by Crippen LogP contribution is -2.37. The maximum Gasteiger partial charge on any atom is 0.461 e. The third kappa shape index (κ3) is 11.0. The number of carbonyl (C=O) groups excluding carboxylic acids is 4. The highest BCUT2D eigenvalue weighted by Crippen LogP contribution is 2.42. The summed E-state index contributed by atoms with van der Waals surface area (Å²) >= 11 is 0. The van der Waals surface area contributed by atoms with Crippen molar-refractivity contribution < 1.29 is 50.6 Å². The number of methoxy groups -OCH3 is 1. The molecule has 16 heteroatoms. The third-order valence-corrected chi connectivity index (χ3v) is 10.00. The fourth-order valence-electron chi connectivity index (χ4n) is 6.85. The number of ketones is 1. The van der Waals surface area contributed by atoms with Gasteiger partial charge in [-0.1, -0.05) is 30.3 Å². The van der Waals surface area contributed by atoms with Crippen LogP contribution in [0, 0.1) is 24.7 Å². The van der Waals surface area contributed by atoms with Gasteiger partial charge in [-0.3, -0.25) is 14.7 Å². The minimum absolute atomic E-state index is 0.0430. The molecule has 0 radical (unpaired) electrons. The number of H-pyrrole nitrogens is 1. The molecule has 1 unspecified atom stereocenters. The number of anilines is 1. The number of alkyl carbamates (subject to hydrolysis) is 1. The van der Waals surface area contributed by atoms with E-state index in [1.54, 1.807) is 38.0 Å². The molecule has 11 nitrogen and oxygen atoms in total. The fourth-order valence-corrected chi connectivity index (χ4v) is 6.85. The normalized spacial score (nSPS) is 16.6. The topological polar surface area (TPSA) is 152 Å². The van der Waals surface area contributed by atoms with E-state index >= 15 is 0 Å². The maximum atomic E-state index is 13.9. The van der Waals surface area contributed by atoms with E-state index in [9.17, 15) is 41.1 Å². The average molecular weight is 812 g/mol. The summed E-state index contributed by atoms with van der Waals surface area (Å²) in [6.07, 6.45) is -3.53. The SMILES string of the molecule is COC(=O)c1ccc(-c2ccc(CC(CC(=O)C3CCC(CNC(=O)OC(C)(C)C)CC3)C(=O)Nc3ccc(-c4n[nH]c(C(F)(F)C(F)(F)F)n4)cc3)cc2)c(C)c1. The fraction of sp³-hybridized carbons (Fsp3) is 0.429. The van der Waals surface area contributed by atoms with Gasteiger partial charge >= 0.3 is 24.2 Å². The summed E-state index contributed by atoms with van der Waals surface area (Å²) in [4.78, 5) is 55.1. The minimum Gasteiger partial charge on any atom is -0.465 e. The van der Waals surface area contributed by atoms with Gasteiger partial charge < -0.3 is 20.1 Å². The molecule has 0 saturated heterocycles.